The Morgan fingerprint density at radius 2 is 2.06 bits per heavy atom. The van der Waals surface area contributed by atoms with Gasteiger partial charge in [0.05, 0.1) is 5.57 Å². The van der Waals surface area contributed by atoms with E-state index in [9.17, 15) is 18.9 Å². The first-order valence-corrected chi connectivity index (χ1v) is 11.9. The first kappa shape index (κ1) is 21.1. The molecule has 8 nitrogen and oxygen atoms in total. The number of rotatable bonds is 7. The summed E-state index contributed by atoms with van der Waals surface area (Å²) in [4.78, 5) is 24.0. The van der Waals surface area contributed by atoms with Crippen LogP contribution in [0.3, 0.4) is 0 Å². The zero-order valence-electron chi connectivity index (χ0n) is 16.9. The Kier molecular flexibility index (Phi) is 5.55. The molecule has 2 aliphatic rings. The third-order valence-corrected chi connectivity index (χ3v) is 6.35. The van der Waals surface area contributed by atoms with Crippen LogP contribution in [0.1, 0.15) is 28.7 Å². The summed E-state index contributed by atoms with van der Waals surface area (Å²) in [5.41, 5.74) is 4.74. The van der Waals surface area contributed by atoms with Gasteiger partial charge in [-0.1, -0.05) is 36.4 Å². The number of nitrogens with one attached hydrogen (secondary N) is 3. The van der Waals surface area contributed by atoms with Crippen molar-refractivity contribution < 1.29 is 23.6 Å². The molecule has 2 atom stereocenters. The van der Waals surface area contributed by atoms with Gasteiger partial charge < -0.3 is 20.5 Å². The second-order valence-electron chi connectivity index (χ2n) is 7.75. The lowest BCUT2D eigenvalue weighted by Crippen LogP contribution is -2.37. The molecule has 0 aliphatic carbocycles. The van der Waals surface area contributed by atoms with Gasteiger partial charge in [-0.15, -0.1) is 0 Å². The van der Waals surface area contributed by atoms with E-state index in [0.29, 0.717) is 24.5 Å². The van der Waals surface area contributed by atoms with E-state index in [4.69, 9.17) is 9.52 Å². The Morgan fingerprint density at radius 3 is 2.81 bits per heavy atom. The minimum atomic E-state index is -2.74. The number of amides is 1. The Balaban J connectivity index is 1.53. The number of ether oxygens (including phenoxy) is 1. The molecule has 0 saturated carbocycles. The fourth-order valence-corrected chi connectivity index (χ4v) is 4.46. The predicted octanol–water partition coefficient (Wildman–Crippen LogP) is 2.65. The molecule has 1 amide bonds. The highest BCUT2D eigenvalue weighted by Crippen LogP contribution is 2.41. The van der Waals surface area contributed by atoms with Gasteiger partial charge in [0.25, 0.3) is 5.91 Å². The number of carboxylic acids is 1. The third kappa shape index (κ3) is 4.47. The number of hydrogen-bond donors (Lipinski definition) is 4. The van der Waals surface area contributed by atoms with Crippen LogP contribution >= 0.6 is 0 Å². The number of hydrogen-bond acceptors (Lipinski definition) is 6. The molecule has 0 radical (unpaired) electrons. The van der Waals surface area contributed by atoms with Crippen molar-refractivity contribution in [2.75, 3.05) is 17.3 Å². The Hall–Kier alpha value is -3.17. The third-order valence-electron chi connectivity index (χ3n) is 5.33. The minimum absolute atomic E-state index is 0.0233. The zero-order valence-corrected chi connectivity index (χ0v) is 17.8. The number of carbonyl (C=O) groups is 2. The lowest BCUT2D eigenvalue weighted by molar-refractivity contribution is -0.139. The zero-order chi connectivity index (χ0) is 22.2. The lowest BCUT2D eigenvalue weighted by atomic mass is 9.99. The number of fused-ring (bicyclic) bond motifs is 2. The molecule has 2 unspecified atom stereocenters. The van der Waals surface area contributed by atoms with E-state index >= 15 is 0 Å². The van der Waals surface area contributed by atoms with E-state index in [1.54, 1.807) is 0 Å². The highest BCUT2D eigenvalue weighted by atomic mass is 32.2. The Bertz CT molecular complexity index is 1200. The van der Waals surface area contributed by atoms with Crippen LogP contribution in [0.25, 0.3) is 11.3 Å². The van der Waals surface area contributed by atoms with Crippen molar-refractivity contribution >= 4 is 38.6 Å². The molecule has 0 spiro atoms. The summed E-state index contributed by atoms with van der Waals surface area (Å²) in [6.45, 7) is 0.638. The molecule has 2 aliphatic heterocycles. The van der Waals surface area contributed by atoms with Crippen molar-refractivity contribution in [3.8, 4) is 0 Å². The van der Waals surface area contributed by atoms with Crippen LogP contribution < -0.4 is 10.6 Å². The largest absolute Gasteiger partial charge is 0.487 e. The minimum Gasteiger partial charge on any atom is -0.487 e. The van der Waals surface area contributed by atoms with E-state index in [2.05, 4.69) is 10.6 Å². The second kappa shape index (κ2) is 8.16. The van der Waals surface area contributed by atoms with E-state index in [1.807, 2.05) is 42.5 Å². The van der Waals surface area contributed by atoms with Crippen LogP contribution in [0.4, 0.5) is 5.69 Å². The molecular formula is C22H23N3O5S. The fourth-order valence-electron chi connectivity index (χ4n) is 3.77. The molecule has 0 saturated heterocycles. The Labute approximate surface area is 180 Å². The average molecular weight is 442 g/mol. The quantitative estimate of drug-likeness (QED) is 0.489. The summed E-state index contributed by atoms with van der Waals surface area (Å²) >= 11 is 0. The number of aliphatic carboxylic acids is 1. The molecule has 0 bridgehead atoms. The Morgan fingerprint density at radius 1 is 1.29 bits per heavy atom. The molecule has 31 heavy (non-hydrogen) atoms. The molecule has 0 aromatic heterocycles. The number of carboxylic acid groups (broad SMARTS) is 1. The van der Waals surface area contributed by atoms with Crippen LogP contribution in [-0.4, -0.2) is 39.2 Å². The summed E-state index contributed by atoms with van der Waals surface area (Å²) in [5.74, 6) is -0.657. The smallest absolute Gasteiger partial charge is 0.320 e. The van der Waals surface area contributed by atoms with Crippen molar-refractivity contribution in [2.24, 2.45) is 0 Å². The highest BCUT2D eigenvalue weighted by molar-refractivity contribution is 7.91. The van der Waals surface area contributed by atoms with E-state index in [-0.39, 0.29) is 18.1 Å². The van der Waals surface area contributed by atoms with Gasteiger partial charge in [0, 0.05) is 50.7 Å². The standard InChI is InChI=1S/C22H23N3O5S/c1-31(23,29)9-8-18(22(27)28)24-11-13-6-7-15-14(10-13)12-30-20(15)19-16-4-2-3-5-17(16)25-21(19)26/h2-7,10,18,23-24H,8-9,11-12H2,1H3,(H,25,26)(H,27,28)/b20-19+. The molecule has 4 N–H and O–H groups in total. The van der Waals surface area contributed by atoms with Crippen LogP contribution in [0.5, 0.6) is 0 Å². The number of para-hydroxylation sites is 1. The number of benzene rings is 2. The van der Waals surface area contributed by atoms with Gasteiger partial charge in [-0.05, 0) is 18.1 Å². The SMILES string of the molecule is CS(=N)(=O)CCC(NCc1ccc2c(c1)CO/C2=C1/C(=O)Nc2ccccc21)C(=O)O. The average Bonchev–Trinajstić information content (AvgIpc) is 3.25. The number of carbonyl (C=O) groups excluding carboxylic acids is 1. The predicted molar refractivity (Wildman–Crippen MR) is 118 cm³/mol. The molecule has 0 fully saturated rings. The summed E-state index contributed by atoms with van der Waals surface area (Å²) < 4.78 is 24.9. The summed E-state index contributed by atoms with van der Waals surface area (Å²) in [5, 5.41) is 15.2. The molecular weight excluding hydrogens is 418 g/mol. The maximum Gasteiger partial charge on any atom is 0.320 e. The normalized spacial score (nSPS) is 19.7. The summed E-state index contributed by atoms with van der Waals surface area (Å²) in [6, 6.07) is 12.3. The number of anilines is 1. The van der Waals surface area contributed by atoms with E-state index in [1.165, 1.54) is 6.26 Å². The van der Waals surface area contributed by atoms with Crippen molar-refractivity contribution in [3.63, 3.8) is 0 Å². The second-order valence-corrected chi connectivity index (χ2v) is 10.2. The van der Waals surface area contributed by atoms with Crippen molar-refractivity contribution in [3.05, 3.63) is 64.7 Å². The molecule has 9 heteroatoms. The molecule has 162 valence electrons. The van der Waals surface area contributed by atoms with Crippen LogP contribution in [0.2, 0.25) is 0 Å². The van der Waals surface area contributed by atoms with Crippen LogP contribution in [0.15, 0.2) is 42.5 Å². The monoisotopic (exact) mass is 441 g/mol. The van der Waals surface area contributed by atoms with Gasteiger partial charge in [-0.2, -0.15) is 0 Å². The molecule has 2 aromatic rings. The topological polar surface area (TPSA) is 129 Å². The van der Waals surface area contributed by atoms with Gasteiger partial charge in [0.15, 0.2) is 0 Å². The van der Waals surface area contributed by atoms with Gasteiger partial charge in [0.2, 0.25) is 0 Å². The van der Waals surface area contributed by atoms with Crippen molar-refractivity contribution in [1.29, 1.82) is 4.78 Å². The fraction of sp³-hybridized carbons (Fsp3) is 0.273. The van der Waals surface area contributed by atoms with Gasteiger partial charge in [-0.25, -0.2) is 0 Å². The molecule has 2 aromatic carbocycles. The van der Waals surface area contributed by atoms with E-state index in [0.717, 1.165) is 27.9 Å². The van der Waals surface area contributed by atoms with Crippen molar-refractivity contribution in [1.82, 2.24) is 5.32 Å². The van der Waals surface area contributed by atoms with Crippen LogP contribution in [-0.2, 0) is 37.2 Å². The molecule has 4 rings (SSSR count). The summed E-state index contributed by atoms with van der Waals surface area (Å²) in [6.07, 6.45) is 1.43. The first-order valence-electron chi connectivity index (χ1n) is 9.80. The van der Waals surface area contributed by atoms with E-state index < -0.39 is 21.7 Å². The van der Waals surface area contributed by atoms with Gasteiger partial charge >= 0.3 is 5.97 Å². The van der Waals surface area contributed by atoms with Crippen molar-refractivity contribution in [2.45, 2.75) is 25.6 Å². The van der Waals surface area contributed by atoms with Gasteiger partial charge in [0.1, 0.15) is 18.4 Å². The highest BCUT2D eigenvalue weighted by Gasteiger charge is 2.32. The lowest BCUT2D eigenvalue weighted by Gasteiger charge is -2.15. The summed E-state index contributed by atoms with van der Waals surface area (Å²) in [7, 11) is -2.74. The first-order chi connectivity index (χ1) is 14.7. The maximum absolute atomic E-state index is 12.5. The van der Waals surface area contributed by atoms with Gasteiger partial charge in [-0.3, -0.25) is 18.6 Å². The molecule has 2 heterocycles. The maximum atomic E-state index is 12.5. The van der Waals surface area contributed by atoms with Crippen LogP contribution in [0, 0.1) is 4.78 Å².